The molecule has 2 atom stereocenters. The first kappa shape index (κ1) is 18.4. The van der Waals surface area contributed by atoms with Crippen molar-refractivity contribution in [2.45, 2.75) is 39.5 Å². The number of amides is 1. The van der Waals surface area contributed by atoms with Crippen molar-refractivity contribution >= 4 is 11.6 Å². The summed E-state index contributed by atoms with van der Waals surface area (Å²) >= 11 is 0. The van der Waals surface area contributed by atoms with Crippen LogP contribution in [0.4, 0.5) is 5.69 Å². The fraction of sp³-hybridized carbons (Fsp3) is 0.381. The molecule has 0 spiro atoms. The summed E-state index contributed by atoms with van der Waals surface area (Å²) in [5, 5.41) is 12.6. The van der Waals surface area contributed by atoms with E-state index in [0.29, 0.717) is 11.3 Å². The number of rotatable bonds is 4. The molecule has 1 aliphatic rings. The number of hydrogen-bond acceptors (Lipinski definition) is 4. The first-order chi connectivity index (χ1) is 12.4. The molecule has 2 N–H and O–H groups in total. The molecule has 0 aromatic heterocycles. The highest BCUT2D eigenvalue weighted by molar-refractivity contribution is 6.05. The molecule has 3 rings (SSSR count). The van der Waals surface area contributed by atoms with Crippen molar-refractivity contribution in [2.24, 2.45) is 0 Å². The van der Waals surface area contributed by atoms with Gasteiger partial charge >= 0.3 is 0 Å². The van der Waals surface area contributed by atoms with Crippen LogP contribution in [0, 0.1) is 6.92 Å². The second-order valence-electron chi connectivity index (χ2n) is 7.12. The SMILES string of the molecule is Cc1ccc(O)c(NC(=O)c2ccc(CN3CC(C)OC(C)C3)cc2)c1. The lowest BCUT2D eigenvalue weighted by molar-refractivity contribution is -0.0704. The minimum Gasteiger partial charge on any atom is -0.506 e. The molecular formula is C21H26N2O3. The van der Waals surface area contributed by atoms with Crippen LogP contribution in [0.25, 0.3) is 0 Å². The fourth-order valence-corrected chi connectivity index (χ4v) is 3.38. The summed E-state index contributed by atoms with van der Waals surface area (Å²) in [6.07, 6.45) is 0.483. The van der Waals surface area contributed by atoms with Crippen LogP contribution in [-0.2, 0) is 11.3 Å². The maximum atomic E-state index is 12.4. The Morgan fingerprint density at radius 1 is 1.15 bits per heavy atom. The Kier molecular flexibility index (Phi) is 5.59. The topological polar surface area (TPSA) is 61.8 Å². The number of anilines is 1. The number of phenolic OH excluding ortho intramolecular Hbond substituents is 1. The first-order valence-corrected chi connectivity index (χ1v) is 8.98. The van der Waals surface area contributed by atoms with Gasteiger partial charge in [0.1, 0.15) is 5.75 Å². The van der Waals surface area contributed by atoms with Crippen molar-refractivity contribution in [2.75, 3.05) is 18.4 Å². The van der Waals surface area contributed by atoms with Gasteiger partial charge in [-0.1, -0.05) is 18.2 Å². The molecule has 0 aliphatic carbocycles. The standard InChI is InChI=1S/C21H26N2O3/c1-14-4-9-20(24)19(10-14)22-21(25)18-7-5-17(6-8-18)13-23-11-15(2)26-16(3)12-23/h4-10,15-16,24H,11-13H2,1-3H3,(H,22,25). The van der Waals surface area contributed by atoms with E-state index in [1.165, 1.54) is 5.56 Å². The number of nitrogens with zero attached hydrogens (tertiary/aromatic N) is 1. The van der Waals surface area contributed by atoms with E-state index in [1.807, 2.05) is 31.2 Å². The normalized spacial score (nSPS) is 20.7. The molecule has 5 heteroatoms. The van der Waals surface area contributed by atoms with Crippen molar-refractivity contribution in [1.82, 2.24) is 4.90 Å². The maximum absolute atomic E-state index is 12.4. The molecule has 1 saturated heterocycles. The lowest BCUT2D eigenvalue weighted by Gasteiger charge is -2.35. The minimum absolute atomic E-state index is 0.0659. The molecule has 0 radical (unpaired) electrons. The molecule has 0 saturated carbocycles. The third kappa shape index (κ3) is 4.62. The van der Waals surface area contributed by atoms with Crippen molar-refractivity contribution in [1.29, 1.82) is 0 Å². The van der Waals surface area contributed by atoms with E-state index in [-0.39, 0.29) is 23.9 Å². The molecule has 2 aromatic rings. The Bertz CT molecular complexity index is 763. The smallest absolute Gasteiger partial charge is 0.255 e. The molecular weight excluding hydrogens is 328 g/mol. The highest BCUT2D eigenvalue weighted by atomic mass is 16.5. The molecule has 2 unspecified atom stereocenters. The van der Waals surface area contributed by atoms with E-state index < -0.39 is 0 Å². The van der Waals surface area contributed by atoms with Gasteiger partial charge in [-0.05, 0) is 56.2 Å². The Hall–Kier alpha value is -2.37. The number of phenols is 1. The van der Waals surface area contributed by atoms with E-state index in [9.17, 15) is 9.90 Å². The van der Waals surface area contributed by atoms with E-state index in [4.69, 9.17) is 4.74 Å². The average molecular weight is 354 g/mol. The molecule has 5 nitrogen and oxygen atoms in total. The van der Waals surface area contributed by atoms with Gasteiger partial charge in [0.15, 0.2) is 0 Å². The number of ether oxygens (including phenoxy) is 1. The molecule has 138 valence electrons. The quantitative estimate of drug-likeness (QED) is 0.824. The molecule has 2 aromatic carbocycles. The molecule has 1 amide bonds. The number of carbonyl (C=O) groups excluding carboxylic acids is 1. The maximum Gasteiger partial charge on any atom is 0.255 e. The van der Waals surface area contributed by atoms with E-state index in [1.54, 1.807) is 18.2 Å². The Morgan fingerprint density at radius 3 is 2.46 bits per heavy atom. The van der Waals surface area contributed by atoms with Gasteiger partial charge in [0.25, 0.3) is 5.91 Å². The molecule has 0 bridgehead atoms. The molecule has 26 heavy (non-hydrogen) atoms. The van der Waals surface area contributed by atoms with E-state index >= 15 is 0 Å². The summed E-state index contributed by atoms with van der Waals surface area (Å²) < 4.78 is 5.76. The summed E-state index contributed by atoms with van der Waals surface area (Å²) in [6.45, 7) is 8.78. The summed E-state index contributed by atoms with van der Waals surface area (Å²) in [7, 11) is 0. The van der Waals surface area contributed by atoms with Gasteiger partial charge < -0.3 is 15.2 Å². The minimum atomic E-state index is -0.230. The number of nitrogens with one attached hydrogen (secondary N) is 1. The Labute approximate surface area is 154 Å². The van der Waals surface area contributed by atoms with Gasteiger partial charge in [-0.2, -0.15) is 0 Å². The van der Waals surface area contributed by atoms with Crippen molar-refractivity contribution in [3.63, 3.8) is 0 Å². The fourth-order valence-electron chi connectivity index (χ4n) is 3.38. The number of benzene rings is 2. The predicted octanol–water partition coefficient (Wildman–Crippen LogP) is 3.56. The second-order valence-corrected chi connectivity index (χ2v) is 7.12. The lowest BCUT2D eigenvalue weighted by Crippen LogP contribution is -2.44. The Balaban J connectivity index is 1.63. The number of carbonyl (C=O) groups is 1. The highest BCUT2D eigenvalue weighted by Crippen LogP contribution is 2.24. The monoisotopic (exact) mass is 354 g/mol. The van der Waals surface area contributed by atoms with Crippen LogP contribution < -0.4 is 5.32 Å². The number of hydrogen-bond donors (Lipinski definition) is 2. The number of aryl methyl sites for hydroxylation is 1. The van der Waals surface area contributed by atoms with Gasteiger partial charge in [-0.3, -0.25) is 9.69 Å². The van der Waals surface area contributed by atoms with Crippen molar-refractivity contribution in [3.05, 3.63) is 59.2 Å². The third-order valence-corrected chi connectivity index (χ3v) is 4.52. The van der Waals surface area contributed by atoms with Gasteiger partial charge in [-0.15, -0.1) is 0 Å². The van der Waals surface area contributed by atoms with Crippen LogP contribution in [0.2, 0.25) is 0 Å². The highest BCUT2D eigenvalue weighted by Gasteiger charge is 2.22. The Morgan fingerprint density at radius 2 is 1.81 bits per heavy atom. The van der Waals surface area contributed by atoms with Crippen LogP contribution in [-0.4, -0.2) is 41.2 Å². The van der Waals surface area contributed by atoms with Crippen molar-refractivity contribution < 1.29 is 14.6 Å². The summed E-state index contributed by atoms with van der Waals surface area (Å²) in [5.74, 6) is -0.165. The zero-order valence-corrected chi connectivity index (χ0v) is 15.5. The van der Waals surface area contributed by atoms with Crippen LogP contribution in [0.1, 0.15) is 35.3 Å². The van der Waals surface area contributed by atoms with E-state index in [0.717, 1.165) is 25.2 Å². The van der Waals surface area contributed by atoms with Gasteiger partial charge in [0, 0.05) is 25.2 Å². The lowest BCUT2D eigenvalue weighted by atomic mass is 10.1. The number of aromatic hydroxyl groups is 1. The summed E-state index contributed by atoms with van der Waals surface area (Å²) in [5.41, 5.74) is 3.14. The molecule has 1 fully saturated rings. The van der Waals surface area contributed by atoms with Gasteiger partial charge in [0.2, 0.25) is 0 Å². The second kappa shape index (κ2) is 7.89. The zero-order chi connectivity index (χ0) is 18.7. The largest absolute Gasteiger partial charge is 0.506 e. The van der Waals surface area contributed by atoms with Gasteiger partial charge in [-0.25, -0.2) is 0 Å². The van der Waals surface area contributed by atoms with Crippen LogP contribution in [0.5, 0.6) is 5.75 Å². The van der Waals surface area contributed by atoms with Crippen LogP contribution >= 0.6 is 0 Å². The molecule has 1 heterocycles. The third-order valence-electron chi connectivity index (χ3n) is 4.52. The average Bonchev–Trinajstić information content (AvgIpc) is 2.58. The predicted molar refractivity (Wildman–Crippen MR) is 103 cm³/mol. The van der Waals surface area contributed by atoms with E-state index in [2.05, 4.69) is 24.1 Å². The van der Waals surface area contributed by atoms with Crippen molar-refractivity contribution in [3.8, 4) is 5.75 Å². The summed E-state index contributed by atoms with van der Waals surface area (Å²) in [4.78, 5) is 14.8. The zero-order valence-electron chi connectivity index (χ0n) is 15.5. The number of morpholine rings is 1. The van der Waals surface area contributed by atoms with Gasteiger partial charge in [0.05, 0.1) is 17.9 Å². The first-order valence-electron chi connectivity index (χ1n) is 8.98. The van der Waals surface area contributed by atoms with Crippen LogP contribution in [0.3, 0.4) is 0 Å². The van der Waals surface area contributed by atoms with Crippen LogP contribution in [0.15, 0.2) is 42.5 Å². The summed E-state index contributed by atoms with van der Waals surface area (Å²) in [6, 6.07) is 12.7. The molecule has 1 aliphatic heterocycles.